The Kier molecular flexibility index (Phi) is 7.23. The Bertz CT molecular complexity index is 1500. The average molecular weight is 533 g/mol. The van der Waals surface area contributed by atoms with Crippen LogP contribution in [0.15, 0.2) is 60.7 Å². The lowest BCUT2D eigenvalue weighted by Gasteiger charge is -2.29. The van der Waals surface area contributed by atoms with Gasteiger partial charge in [0.1, 0.15) is 0 Å². The minimum Gasteiger partial charge on any atom is -0.348 e. The second kappa shape index (κ2) is 10.6. The minimum absolute atomic E-state index is 0.201. The molecule has 0 aromatic heterocycles. The van der Waals surface area contributed by atoms with E-state index < -0.39 is 10.0 Å². The Labute approximate surface area is 223 Å². The van der Waals surface area contributed by atoms with Crippen LogP contribution in [0.5, 0.6) is 0 Å². The topological polar surface area (TPSA) is 98.8 Å². The quantitative estimate of drug-likeness (QED) is 0.506. The second-order valence-electron chi connectivity index (χ2n) is 10.1. The predicted molar refractivity (Wildman–Crippen MR) is 149 cm³/mol. The summed E-state index contributed by atoms with van der Waals surface area (Å²) in [6.45, 7) is 2.62. The van der Waals surface area contributed by atoms with Gasteiger partial charge < -0.3 is 15.5 Å². The van der Waals surface area contributed by atoms with E-state index in [1.165, 1.54) is 21.7 Å². The fraction of sp³-hybridized carbons (Fsp3) is 0.310. The molecule has 2 amide bonds. The van der Waals surface area contributed by atoms with Crippen LogP contribution in [-0.4, -0.2) is 51.5 Å². The Morgan fingerprint density at radius 2 is 1.68 bits per heavy atom. The summed E-state index contributed by atoms with van der Waals surface area (Å²) in [5.41, 5.74) is 6.61. The van der Waals surface area contributed by atoms with Gasteiger partial charge in [0.15, 0.2) is 0 Å². The first-order valence-electron chi connectivity index (χ1n) is 12.8. The average Bonchev–Trinajstić information content (AvgIpc) is 2.90. The number of amides is 2. The number of hydrogen-bond acceptors (Lipinski definition) is 5. The molecule has 0 spiro atoms. The van der Waals surface area contributed by atoms with Crippen LogP contribution >= 0.6 is 0 Å². The first kappa shape index (κ1) is 25.9. The first-order valence-corrected chi connectivity index (χ1v) is 14.6. The molecule has 9 heteroatoms. The van der Waals surface area contributed by atoms with Crippen molar-refractivity contribution in [1.29, 1.82) is 0 Å². The highest BCUT2D eigenvalue weighted by atomic mass is 32.2. The van der Waals surface area contributed by atoms with Gasteiger partial charge in [0, 0.05) is 43.0 Å². The number of rotatable bonds is 6. The summed E-state index contributed by atoms with van der Waals surface area (Å²) in [5, 5.41) is 5.90. The number of benzene rings is 3. The molecule has 0 aliphatic carbocycles. The molecule has 0 radical (unpaired) electrons. The molecule has 0 atom stereocenters. The van der Waals surface area contributed by atoms with Crippen LogP contribution in [0, 0.1) is 0 Å². The molecule has 2 heterocycles. The molecule has 2 aliphatic rings. The molecular formula is C29H32N4O4S. The van der Waals surface area contributed by atoms with Crippen molar-refractivity contribution in [2.75, 3.05) is 36.0 Å². The van der Waals surface area contributed by atoms with Crippen molar-refractivity contribution in [3.8, 4) is 0 Å². The maximum atomic E-state index is 12.9. The lowest BCUT2D eigenvalue weighted by atomic mass is 9.99. The third-order valence-corrected chi connectivity index (χ3v) is 8.31. The van der Waals surface area contributed by atoms with Crippen LogP contribution in [0.2, 0.25) is 0 Å². The van der Waals surface area contributed by atoms with Gasteiger partial charge in [-0.1, -0.05) is 18.2 Å². The Balaban J connectivity index is 1.23. The highest BCUT2D eigenvalue weighted by molar-refractivity contribution is 7.92. The predicted octanol–water partition coefficient (Wildman–Crippen LogP) is 3.57. The lowest BCUT2D eigenvalue weighted by molar-refractivity contribution is 0.0950. The van der Waals surface area contributed by atoms with Crippen molar-refractivity contribution in [2.24, 2.45) is 0 Å². The van der Waals surface area contributed by atoms with Gasteiger partial charge >= 0.3 is 0 Å². The van der Waals surface area contributed by atoms with Crippen LogP contribution in [0.4, 0.5) is 11.4 Å². The summed E-state index contributed by atoms with van der Waals surface area (Å²) >= 11 is 0. The number of likely N-dealkylation sites (N-methyl/N-ethyl adjacent to an activating group) is 1. The van der Waals surface area contributed by atoms with Crippen molar-refractivity contribution >= 4 is 33.2 Å². The number of nitrogens with one attached hydrogen (secondary N) is 2. The number of carbonyl (C=O) groups excluding carboxylic acids is 2. The zero-order chi connectivity index (χ0) is 26.9. The maximum absolute atomic E-state index is 12.9. The molecule has 8 nitrogen and oxygen atoms in total. The highest BCUT2D eigenvalue weighted by Gasteiger charge is 2.24. The number of aryl methyl sites for hydroxylation is 1. The zero-order valence-corrected chi connectivity index (χ0v) is 22.5. The summed E-state index contributed by atoms with van der Waals surface area (Å²) in [6.07, 6.45) is 3.64. The van der Waals surface area contributed by atoms with E-state index in [-0.39, 0.29) is 18.4 Å². The molecule has 38 heavy (non-hydrogen) atoms. The first-order chi connectivity index (χ1) is 18.2. The molecule has 2 aliphatic heterocycles. The van der Waals surface area contributed by atoms with Gasteiger partial charge in [-0.25, -0.2) is 8.42 Å². The van der Waals surface area contributed by atoms with E-state index in [9.17, 15) is 18.0 Å². The van der Waals surface area contributed by atoms with Crippen LogP contribution in [0.1, 0.15) is 49.4 Å². The summed E-state index contributed by atoms with van der Waals surface area (Å²) in [7, 11) is -1.26. The van der Waals surface area contributed by atoms with E-state index in [1.807, 2.05) is 18.2 Å². The third kappa shape index (κ3) is 5.74. The molecule has 3 aromatic carbocycles. The molecule has 3 aromatic rings. The number of fused-ring (bicyclic) bond motifs is 2. The van der Waals surface area contributed by atoms with Gasteiger partial charge in [-0.15, -0.1) is 0 Å². The van der Waals surface area contributed by atoms with Gasteiger partial charge in [0.2, 0.25) is 10.0 Å². The molecule has 5 rings (SSSR count). The monoisotopic (exact) mass is 532 g/mol. The standard InChI is InChI=1S/C29H32N4O4S/c1-32-14-12-21-8-10-26(17-25(21)19-32)31-29(35)23-6-3-5-20(15-23)18-30-28(34)24-9-11-27-22(16-24)7-4-13-33(27)38(2,36)37/h3,5-6,8-11,15-17H,4,7,12-14,18-19H2,1-2H3,(H,30,34)(H,31,35). The van der Waals surface area contributed by atoms with Gasteiger partial charge in [-0.05, 0) is 91.0 Å². The largest absolute Gasteiger partial charge is 0.348 e. The number of carbonyl (C=O) groups is 2. The minimum atomic E-state index is -3.36. The van der Waals surface area contributed by atoms with Gasteiger partial charge in [0.25, 0.3) is 11.8 Å². The molecule has 0 saturated heterocycles. The zero-order valence-electron chi connectivity index (χ0n) is 21.7. The van der Waals surface area contributed by atoms with E-state index in [0.717, 1.165) is 42.7 Å². The summed E-state index contributed by atoms with van der Waals surface area (Å²) in [4.78, 5) is 28.1. The fourth-order valence-electron chi connectivity index (χ4n) is 5.13. The van der Waals surface area contributed by atoms with Crippen LogP contribution in [0.3, 0.4) is 0 Å². The van der Waals surface area contributed by atoms with E-state index in [2.05, 4.69) is 28.6 Å². The van der Waals surface area contributed by atoms with Crippen LogP contribution in [-0.2, 0) is 36.0 Å². The Morgan fingerprint density at radius 1 is 0.868 bits per heavy atom. The molecule has 2 N–H and O–H groups in total. The van der Waals surface area contributed by atoms with E-state index >= 15 is 0 Å². The fourth-order valence-corrected chi connectivity index (χ4v) is 6.13. The summed E-state index contributed by atoms with van der Waals surface area (Å²) in [5.74, 6) is -0.453. The molecule has 0 bridgehead atoms. The molecule has 198 valence electrons. The Morgan fingerprint density at radius 3 is 2.50 bits per heavy atom. The number of sulfonamides is 1. The SMILES string of the molecule is CN1CCc2ccc(NC(=O)c3cccc(CNC(=O)c4ccc5c(c4)CCCN5S(C)(=O)=O)c3)cc2C1. The molecular weight excluding hydrogens is 500 g/mol. The second-order valence-corrected chi connectivity index (χ2v) is 12.0. The van der Waals surface area contributed by atoms with Crippen molar-refractivity contribution in [3.05, 3.63) is 94.0 Å². The van der Waals surface area contributed by atoms with Crippen molar-refractivity contribution < 1.29 is 18.0 Å². The highest BCUT2D eigenvalue weighted by Crippen LogP contribution is 2.30. The van der Waals surface area contributed by atoms with Crippen LogP contribution < -0.4 is 14.9 Å². The van der Waals surface area contributed by atoms with Crippen molar-refractivity contribution in [1.82, 2.24) is 10.2 Å². The van der Waals surface area contributed by atoms with Gasteiger partial charge in [-0.2, -0.15) is 0 Å². The number of hydrogen-bond donors (Lipinski definition) is 2. The van der Waals surface area contributed by atoms with E-state index in [0.29, 0.717) is 29.8 Å². The third-order valence-electron chi connectivity index (χ3n) is 7.13. The van der Waals surface area contributed by atoms with Crippen molar-refractivity contribution in [3.63, 3.8) is 0 Å². The summed E-state index contributed by atoms with van der Waals surface area (Å²) < 4.78 is 25.6. The van der Waals surface area contributed by atoms with Crippen LogP contribution in [0.25, 0.3) is 0 Å². The number of anilines is 2. The normalized spacial score (nSPS) is 15.4. The maximum Gasteiger partial charge on any atom is 0.255 e. The van der Waals surface area contributed by atoms with Gasteiger partial charge in [-0.3, -0.25) is 13.9 Å². The summed E-state index contributed by atoms with van der Waals surface area (Å²) in [6, 6.07) is 18.4. The molecule has 0 unspecified atom stereocenters. The Hall–Kier alpha value is -3.69. The molecule has 0 fully saturated rings. The molecule has 0 saturated carbocycles. The van der Waals surface area contributed by atoms with E-state index in [4.69, 9.17) is 0 Å². The van der Waals surface area contributed by atoms with Crippen molar-refractivity contribution in [2.45, 2.75) is 32.4 Å². The lowest BCUT2D eigenvalue weighted by Crippen LogP contribution is -2.34. The smallest absolute Gasteiger partial charge is 0.255 e. The van der Waals surface area contributed by atoms with Gasteiger partial charge in [0.05, 0.1) is 11.9 Å². The number of nitrogens with zero attached hydrogens (tertiary/aromatic N) is 2. The van der Waals surface area contributed by atoms with E-state index in [1.54, 1.807) is 36.4 Å².